The number of fused-ring (bicyclic) bond motifs is 1. The molecule has 0 bridgehead atoms. The van der Waals surface area contributed by atoms with Crippen LogP contribution in [-0.2, 0) is 6.54 Å². The number of aryl methyl sites for hydroxylation is 1. The van der Waals surface area contributed by atoms with Crippen LogP contribution in [0.3, 0.4) is 0 Å². The summed E-state index contributed by atoms with van der Waals surface area (Å²) in [4.78, 5) is 22.9. The van der Waals surface area contributed by atoms with E-state index in [9.17, 15) is 4.79 Å². The van der Waals surface area contributed by atoms with E-state index >= 15 is 0 Å². The number of methoxy groups -OCH3 is 1. The molecule has 0 radical (unpaired) electrons. The molecule has 1 amide bonds. The molecule has 136 valence electrons. The van der Waals surface area contributed by atoms with Crippen molar-refractivity contribution in [2.24, 2.45) is 0 Å². The third-order valence-corrected chi connectivity index (χ3v) is 4.89. The highest BCUT2D eigenvalue weighted by atomic mass is 16.5. The Morgan fingerprint density at radius 3 is 2.85 bits per heavy atom. The first-order valence-corrected chi connectivity index (χ1v) is 8.84. The van der Waals surface area contributed by atoms with Gasteiger partial charge in [-0.05, 0) is 24.6 Å². The van der Waals surface area contributed by atoms with Crippen LogP contribution < -0.4 is 19.7 Å². The van der Waals surface area contributed by atoms with Crippen molar-refractivity contribution in [1.82, 2.24) is 15.3 Å². The molecule has 2 aliphatic rings. The fourth-order valence-electron chi connectivity index (χ4n) is 3.51. The normalized spacial score (nSPS) is 17.0. The number of rotatable bonds is 4. The first-order valence-electron chi connectivity index (χ1n) is 8.84. The van der Waals surface area contributed by atoms with E-state index in [1.807, 2.05) is 25.1 Å². The Kier molecular flexibility index (Phi) is 4.36. The molecule has 4 heterocycles. The number of pyridine rings is 2. The monoisotopic (exact) mass is 354 g/mol. The van der Waals surface area contributed by atoms with E-state index in [0.717, 1.165) is 48.8 Å². The van der Waals surface area contributed by atoms with Gasteiger partial charge in [0.2, 0.25) is 5.88 Å². The van der Waals surface area contributed by atoms with E-state index in [1.54, 1.807) is 13.3 Å². The van der Waals surface area contributed by atoms with Crippen LogP contribution >= 0.6 is 0 Å². The lowest BCUT2D eigenvalue weighted by Crippen LogP contribution is -2.39. The van der Waals surface area contributed by atoms with Crippen molar-refractivity contribution in [3.63, 3.8) is 0 Å². The number of ether oxygens (including phenoxy) is 2. The second-order valence-electron chi connectivity index (χ2n) is 6.64. The van der Waals surface area contributed by atoms with E-state index in [1.165, 1.54) is 0 Å². The molecule has 0 aliphatic carbocycles. The van der Waals surface area contributed by atoms with Gasteiger partial charge in [0, 0.05) is 38.2 Å². The van der Waals surface area contributed by atoms with E-state index in [-0.39, 0.29) is 12.0 Å². The van der Waals surface area contributed by atoms with Gasteiger partial charge in [0.1, 0.15) is 17.7 Å². The summed E-state index contributed by atoms with van der Waals surface area (Å²) in [6.07, 6.45) is 3.69. The number of carbonyl (C=O) groups is 1. The second kappa shape index (κ2) is 6.82. The van der Waals surface area contributed by atoms with Crippen LogP contribution in [0.25, 0.3) is 0 Å². The molecule has 0 atom stereocenters. The number of hydrogen-bond acceptors (Lipinski definition) is 6. The minimum Gasteiger partial charge on any atom is -0.490 e. The SMILES string of the molecule is COc1cc(OC2CCN(c3nc4c(cc3C)C(=O)NC4)CC2)ccn1. The van der Waals surface area contributed by atoms with E-state index in [4.69, 9.17) is 14.5 Å². The maximum absolute atomic E-state index is 11.8. The summed E-state index contributed by atoms with van der Waals surface area (Å²) < 4.78 is 11.2. The number of nitrogens with one attached hydrogen (secondary N) is 1. The molecule has 1 N–H and O–H groups in total. The Hall–Kier alpha value is -2.83. The summed E-state index contributed by atoms with van der Waals surface area (Å²) in [5.74, 6) is 2.29. The first-order chi connectivity index (χ1) is 12.6. The van der Waals surface area contributed by atoms with Crippen LogP contribution in [0.1, 0.15) is 34.5 Å². The molecule has 1 saturated heterocycles. The molecule has 0 saturated carbocycles. The van der Waals surface area contributed by atoms with E-state index in [0.29, 0.717) is 18.0 Å². The van der Waals surface area contributed by atoms with Crippen LogP contribution in [-0.4, -0.2) is 42.2 Å². The lowest BCUT2D eigenvalue weighted by molar-refractivity contribution is 0.0965. The standard InChI is InChI=1S/C19H22N4O3/c1-12-9-15-16(11-21-19(15)24)22-18(12)23-7-4-13(5-8-23)26-14-3-6-20-17(10-14)25-2/h3,6,9-10,13H,4-5,7-8,11H2,1-2H3,(H,21,24). The highest BCUT2D eigenvalue weighted by molar-refractivity contribution is 5.98. The predicted octanol–water partition coefficient (Wildman–Crippen LogP) is 2.08. The van der Waals surface area contributed by atoms with Gasteiger partial charge in [-0.15, -0.1) is 0 Å². The maximum atomic E-state index is 11.8. The Balaban J connectivity index is 1.41. The molecule has 7 nitrogen and oxygen atoms in total. The van der Waals surface area contributed by atoms with Crippen molar-refractivity contribution < 1.29 is 14.3 Å². The molecule has 2 aromatic heterocycles. The lowest BCUT2D eigenvalue weighted by Gasteiger charge is -2.34. The number of nitrogens with zero attached hydrogens (tertiary/aromatic N) is 3. The van der Waals surface area contributed by atoms with Gasteiger partial charge in [-0.3, -0.25) is 4.79 Å². The maximum Gasteiger partial charge on any atom is 0.253 e. The first kappa shape index (κ1) is 16.6. The average Bonchev–Trinajstić information content (AvgIpc) is 3.02. The van der Waals surface area contributed by atoms with Crippen LogP contribution in [0.5, 0.6) is 11.6 Å². The number of piperidine rings is 1. The number of hydrogen-bond donors (Lipinski definition) is 1. The van der Waals surface area contributed by atoms with Crippen molar-refractivity contribution in [2.75, 3.05) is 25.1 Å². The number of carbonyl (C=O) groups excluding carboxylic acids is 1. The summed E-state index contributed by atoms with van der Waals surface area (Å²) >= 11 is 0. The lowest BCUT2D eigenvalue weighted by atomic mass is 10.1. The largest absolute Gasteiger partial charge is 0.490 e. The molecule has 0 spiro atoms. The Morgan fingerprint density at radius 2 is 2.08 bits per heavy atom. The zero-order chi connectivity index (χ0) is 18.1. The second-order valence-corrected chi connectivity index (χ2v) is 6.64. The zero-order valence-electron chi connectivity index (χ0n) is 15.0. The molecule has 1 fully saturated rings. The van der Waals surface area contributed by atoms with Crippen molar-refractivity contribution >= 4 is 11.7 Å². The minimum absolute atomic E-state index is 0.0259. The quantitative estimate of drug-likeness (QED) is 0.906. The van der Waals surface area contributed by atoms with Gasteiger partial charge in [0.25, 0.3) is 5.91 Å². The fourth-order valence-corrected chi connectivity index (χ4v) is 3.51. The van der Waals surface area contributed by atoms with Crippen LogP contribution in [0.4, 0.5) is 5.82 Å². The molecule has 2 aromatic rings. The van der Waals surface area contributed by atoms with Crippen LogP contribution in [0, 0.1) is 6.92 Å². The van der Waals surface area contributed by atoms with Crippen molar-refractivity contribution in [3.05, 3.63) is 41.2 Å². The molecule has 0 unspecified atom stereocenters. The Labute approximate surface area is 152 Å². The summed E-state index contributed by atoms with van der Waals surface area (Å²) in [5, 5.41) is 2.83. The van der Waals surface area contributed by atoms with E-state index in [2.05, 4.69) is 15.2 Å². The number of amides is 1. The Bertz CT molecular complexity index is 832. The highest BCUT2D eigenvalue weighted by Gasteiger charge is 2.26. The van der Waals surface area contributed by atoms with Gasteiger partial charge in [-0.1, -0.05) is 0 Å². The van der Waals surface area contributed by atoms with Gasteiger partial charge in [0.15, 0.2) is 0 Å². The molecular formula is C19H22N4O3. The van der Waals surface area contributed by atoms with Gasteiger partial charge in [0.05, 0.1) is 24.9 Å². The highest BCUT2D eigenvalue weighted by Crippen LogP contribution is 2.27. The van der Waals surface area contributed by atoms with Gasteiger partial charge < -0.3 is 19.7 Å². The average molecular weight is 354 g/mol. The van der Waals surface area contributed by atoms with Gasteiger partial charge in [-0.25, -0.2) is 9.97 Å². The number of aromatic nitrogens is 2. The summed E-state index contributed by atoms with van der Waals surface area (Å²) in [6.45, 7) is 4.28. The zero-order valence-corrected chi connectivity index (χ0v) is 15.0. The van der Waals surface area contributed by atoms with E-state index < -0.39 is 0 Å². The molecule has 2 aliphatic heterocycles. The Morgan fingerprint density at radius 1 is 1.27 bits per heavy atom. The third kappa shape index (κ3) is 3.16. The summed E-state index contributed by atoms with van der Waals surface area (Å²) in [6, 6.07) is 5.61. The van der Waals surface area contributed by atoms with Gasteiger partial charge >= 0.3 is 0 Å². The topological polar surface area (TPSA) is 76.6 Å². The van der Waals surface area contributed by atoms with Crippen LogP contribution in [0.2, 0.25) is 0 Å². The van der Waals surface area contributed by atoms with Crippen molar-refractivity contribution in [1.29, 1.82) is 0 Å². The predicted molar refractivity (Wildman–Crippen MR) is 96.8 cm³/mol. The molecule has 4 rings (SSSR count). The van der Waals surface area contributed by atoms with Crippen molar-refractivity contribution in [2.45, 2.75) is 32.4 Å². The molecule has 7 heteroatoms. The smallest absolute Gasteiger partial charge is 0.253 e. The fraction of sp³-hybridized carbons (Fsp3) is 0.421. The summed E-state index contributed by atoms with van der Waals surface area (Å²) in [5.41, 5.74) is 2.59. The third-order valence-electron chi connectivity index (χ3n) is 4.89. The van der Waals surface area contributed by atoms with Crippen molar-refractivity contribution in [3.8, 4) is 11.6 Å². The minimum atomic E-state index is -0.0259. The van der Waals surface area contributed by atoms with Crippen LogP contribution in [0.15, 0.2) is 24.4 Å². The molecule has 26 heavy (non-hydrogen) atoms. The molecule has 0 aromatic carbocycles. The number of anilines is 1. The molecular weight excluding hydrogens is 332 g/mol. The summed E-state index contributed by atoms with van der Waals surface area (Å²) in [7, 11) is 1.60. The van der Waals surface area contributed by atoms with Gasteiger partial charge in [-0.2, -0.15) is 0 Å².